The minimum Gasteiger partial charge on any atom is -0.387 e. The second-order valence-corrected chi connectivity index (χ2v) is 6.44. The van der Waals surface area contributed by atoms with Crippen LogP contribution in [0.2, 0.25) is 0 Å². The van der Waals surface area contributed by atoms with E-state index in [0.29, 0.717) is 6.61 Å². The van der Waals surface area contributed by atoms with E-state index >= 15 is 0 Å². The number of unbranched alkanes of at least 4 members (excludes halogenated alkanes) is 8. The summed E-state index contributed by atoms with van der Waals surface area (Å²) in [6.45, 7) is 2.89. The van der Waals surface area contributed by atoms with E-state index in [-0.39, 0.29) is 6.61 Å². The van der Waals surface area contributed by atoms with Crippen molar-refractivity contribution in [3.63, 3.8) is 0 Å². The molecular formula is C17H34O6. The zero-order valence-corrected chi connectivity index (χ0v) is 14.3. The van der Waals surface area contributed by atoms with Crippen LogP contribution in [0.1, 0.15) is 64.7 Å². The summed E-state index contributed by atoms with van der Waals surface area (Å²) in [5, 5.41) is 38.1. The molecule has 0 aromatic carbocycles. The van der Waals surface area contributed by atoms with Gasteiger partial charge in [-0.15, -0.1) is 0 Å². The monoisotopic (exact) mass is 334 g/mol. The van der Waals surface area contributed by atoms with E-state index in [1.807, 2.05) is 0 Å². The summed E-state index contributed by atoms with van der Waals surface area (Å²) in [6, 6.07) is 0. The highest BCUT2D eigenvalue weighted by Gasteiger charge is 2.42. The maximum absolute atomic E-state index is 9.76. The molecule has 23 heavy (non-hydrogen) atoms. The van der Waals surface area contributed by atoms with Crippen molar-refractivity contribution in [3.05, 3.63) is 0 Å². The third-order valence-corrected chi connectivity index (χ3v) is 4.36. The molecule has 1 aliphatic heterocycles. The third-order valence-electron chi connectivity index (χ3n) is 4.36. The Bertz CT molecular complexity index is 288. The molecule has 0 spiro atoms. The summed E-state index contributed by atoms with van der Waals surface area (Å²) < 4.78 is 10.5. The van der Waals surface area contributed by atoms with Gasteiger partial charge in [0.2, 0.25) is 0 Å². The predicted molar refractivity (Wildman–Crippen MR) is 86.9 cm³/mol. The lowest BCUT2D eigenvalue weighted by Gasteiger charge is -2.38. The standard InChI is InChI=1S/C17H34O6/c1-2-3-4-5-6-7-8-9-10-11-22-12-13-14(18)15(19)16(20)17(21)23-13/h13-21H,2-12H2,1H3/t13-,14+,15+,16-,17+/m1/s1. The molecule has 0 unspecified atom stereocenters. The molecule has 0 amide bonds. The third kappa shape index (κ3) is 7.92. The number of aliphatic hydroxyl groups excluding tert-OH is 4. The van der Waals surface area contributed by atoms with E-state index in [1.165, 1.54) is 44.9 Å². The van der Waals surface area contributed by atoms with E-state index in [4.69, 9.17) is 9.47 Å². The van der Waals surface area contributed by atoms with E-state index in [0.717, 1.165) is 12.8 Å². The topological polar surface area (TPSA) is 99.4 Å². The first-order valence-corrected chi connectivity index (χ1v) is 9.03. The summed E-state index contributed by atoms with van der Waals surface area (Å²) in [4.78, 5) is 0. The van der Waals surface area contributed by atoms with Crippen LogP contribution in [0.3, 0.4) is 0 Å². The molecule has 0 aromatic heterocycles. The lowest BCUT2D eigenvalue weighted by Crippen LogP contribution is -2.58. The van der Waals surface area contributed by atoms with Gasteiger partial charge in [-0.05, 0) is 6.42 Å². The fraction of sp³-hybridized carbons (Fsp3) is 1.00. The zero-order valence-electron chi connectivity index (χ0n) is 14.3. The molecule has 1 heterocycles. The van der Waals surface area contributed by atoms with Gasteiger partial charge in [0.25, 0.3) is 0 Å². The van der Waals surface area contributed by atoms with Crippen LogP contribution in [0.5, 0.6) is 0 Å². The maximum Gasteiger partial charge on any atom is 0.184 e. The Morgan fingerprint density at radius 1 is 0.739 bits per heavy atom. The molecule has 5 atom stereocenters. The Kier molecular flexibility index (Phi) is 11.0. The fourth-order valence-corrected chi connectivity index (χ4v) is 2.78. The van der Waals surface area contributed by atoms with Gasteiger partial charge in [-0.3, -0.25) is 0 Å². The lowest BCUT2D eigenvalue weighted by molar-refractivity contribution is -0.288. The quantitative estimate of drug-likeness (QED) is 0.402. The molecule has 0 aliphatic carbocycles. The molecule has 1 fully saturated rings. The Morgan fingerprint density at radius 3 is 1.91 bits per heavy atom. The minimum absolute atomic E-state index is 0.0963. The summed E-state index contributed by atoms with van der Waals surface area (Å²) in [5.74, 6) is 0. The molecule has 0 saturated carbocycles. The second-order valence-electron chi connectivity index (χ2n) is 6.44. The van der Waals surface area contributed by atoms with Crippen molar-refractivity contribution in [3.8, 4) is 0 Å². The average Bonchev–Trinajstić information content (AvgIpc) is 2.55. The van der Waals surface area contributed by atoms with Gasteiger partial charge in [-0.1, -0.05) is 58.3 Å². The Morgan fingerprint density at radius 2 is 1.30 bits per heavy atom. The normalized spacial score (nSPS) is 31.4. The highest BCUT2D eigenvalue weighted by Crippen LogP contribution is 2.20. The molecule has 0 aromatic rings. The van der Waals surface area contributed by atoms with Crippen LogP contribution < -0.4 is 0 Å². The first kappa shape index (κ1) is 20.8. The largest absolute Gasteiger partial charge is 0.387 e. The van der Waals surface area contributed by atoms with Crippen LogP contribution in [0, 0.1) is 0 Å². The summed E-state index contributed by atoms with van der Waals surface area (Å²) in [6.07, 6.45) is 4.68. The van der Waals surface area contributed by atoms with Gasteiger partial charge in [-0.2, -0.15) is 0 Å². The number of rotatable bonds is 12. The van der Waals surface area contributed by atoms with Gasteiger partial charge in [0.15, 0.2) is 6.29 Å². The van der Waals surface area contributed by atoms with E-state index in [2.05, 4.69) is 6.92 Å². The molecule has 138 valence electrons. The van der Waals surface area contributed by atoms with E-state index in [9.17, 15) is 20.4 Å². The summed E-state index contributed by atoms with van der Waals surface area (Å²) in [7, 11) is 0. The van der Waals surface area contributed by atoms with Crippen molar-refractivity contribution in [1.82, 2.24) is 0 Å². The van der Waals surface area contributed by atoms with Gasteiger partial charge in [0, 0.05) is 6.61 Å². The molecule has 1 rings (SSSR count). The Hall–Kier alpha value is -0.240. The van der Waals surface area contributed by atoms with E-state index < -0.39 is 30.7 Å². The van der Waals surface area contributed by atoms with E-state index in [1.54, 1.807) is 0 Å². The van der Waals surface area contributed by atoms with Gasteiger partial charge in [0.05, 0.1) is 6.61 Å². The Balaban J connectivity index is 1.96. The van der Waals surface area contributed by atoms with Crippen molar-refractivity contribution in [2.75, 3.05) is 13.2 Å². The number of aliphatic hydroxyl groups is 4. The fourth-order valence-electron chi connectivity index (χ4n) is 2.78. The maximum atomic E-state index is 9.76. The van der Waals surface area contributed by atoms with Gasteiger partial charge < -0.3 is 29.9 Å². The minimum atomic E-state index is -1.49. The summed E-state index contributed by atoms with van der Waals surface area (Å²) >= 11 is 0. The zero-order chi connectivity index (χ0) is 17.1. The van der Waals surface area contributed by atoms with Crippen LogP contribution >= 0.6 is 0 Å². The second kappa shape index (κ2) is 12.2. The first-order chi connectivity index (χ1) is 11.1. The number of hydrogen-bond donors (Lipinski definition) is 4. The molecule has 0 radical (unpaired) electrons. The molecule has 0 bridgehead atoms. The highest BCUT2D eigenvalue weighted by molar-refractivity contribution is 4.88. The van der Waals surface area contributed by atoms with Crippen LogP contribution in [0.25, 0.3) is 0 Å². The lowest BCUT2D eigenvalue weighted by atomic mass is 9.99. The molecule has 1 aliphatic rings. The van der Waals surface area contributed by atoms with Gasteiger partial charge in [0.1, 0.15) is 24.4 Å². The van der Waals surface area contributed by atoms with Gasteiger partial charge >= 0.3 is 0 Å². The van der Waals surface area contributed by atoms with Crippen molar-refractivity contribution >= 4 is 0 Å². The molecule has 6 heteroatoms. The molecule has 6 nitrogen and oxygen atoms in total. The molecule has 1 saturated heterocycles. The van der Waals surface area contributed by atoms with Crippen LogP contribution in [0.4, 0.5) is 0 Å². The highest BCUT2D eigenvalue weighted by atomic mass is 16.6. The SMILES string of the molecule is CCCCCCCCCCCOC[C@H]1O[C@H](O)[C@H](O)[C@@H](O)[C@H]1O. The summed E-state index contributed by atoms with van der Waals surface area (Å²) in [5.41, 5.74) is 0. The molecular weight excluding hydrogens is 300 g/mol. The van der Waals surface area contributed by atoms with Crippen molar-refractivity contribution < 1.29 is 29.9 Å². The predicted octanol–water partition coefficient (Wildman–Crippen LogP) is 1.33. The molecule has 4 N–H and O–H groups in total. The van der Waals surface area contributed by atoms with Crippen molar-refractivity contribution in [1.29, 1.82) is 0 Å². The van der Waals surface area contributed by atoms with Crippen molar-refractivity contribution in [2.24, 2.45) is 0 Å². The Labute approximate surface area is 139 Å². The van der Waals surface area contributed by atoms with Crippen LogP contribution in [0.15, 0.2) is 0 Å². The van der Waals surface area contributed by atoms with Crippen LogP contribution in [-0.4, -0.2) is 64.3 Å². The average molecular weight is 334 g/mol. The number of ether oxygens (including phenoxy) is 2. The number of hydrogen-bond acceptors (Lipinski definition) is 6. The van der Waals surface area contributed by atoms with Crippen molar-refractivity contribution in [2.45, 2.75) is 95.4 Å². The smallest absolute Gasteiger partial charge is 0.184 e. The van der Waals surface area contributed by atoms with Gasteiger partial charge in [-0.25, -0.2) is 0 Å². The first-order valence-electron chi connectivity index (χ1n) is 9.03. The van der Waals surface area contributed by atoms with Crippen LogP contribution in [-0.2, 0) is 9.47 Å².